The van der Waals surface area contributed by atoms with Crippen molar-refractivity contribution in [2.75, 3.05) is 11.9 Å². The maximum absolute atomic E-state index is 6.13. The fourth-order valence-electron chi connectivity index (χ4n) is 2.26. The van der Waals surface area contributed by atoms with Gasteiger partial charge >= 0.3 is 0 Å². The van der Waals surface area contributed by atoms with Crippen LogP contribution in [0.1, 0.15) is 18.3 Å². The molecular formula is C15H21ClN4. The third-order valence-corrected chi connectivity index (χ3v) is 3.54. The highest BCUT2D eigenvalue weighted by molar-refractivity contribution is 6.30. The normalized spacial score (nSPS) is 12.4. The second-order valence-electron chi connectivity index (χ2n) is 5.26. The zero-order valence-electron chi connectivity index (χ0n) is 12.2. The van der Waals surface area contributed by atoms with Gasteiger partial charge in [0.1, 0.15) is 5.82 Å². The second kappa shape index (κ2) is 6.29. The molecule has 2 N–H and O–H groups in total. The van der Waals surface area contributed by atoms with Gasteiger partial charge in [-0.05, 0) is 31.0 Å². The summed E-state index contributed by atoms with van der Waals surface area (Å²) in [7, 11) is 4.04. The largest absolute Gasteiger partial charge is 0.367 e. The van der Waals surface area contributed by atoms with Gasteiger partial charge in [-0.15, -0.1) is 0 Å². The monoisotopic (exact) mass is 292 g/mol. The number of nitrogens with zero attached hydrogens (tertiary/aromatic N) is 3. The molecule has 1 aromatic heterocycles. The van der Waals surface area contributed by atoms with Crippen molar-refractivity contribution in [3.63, 3.8) is 0 Å². The number of imidazole rings is 1. The van der Waals surface area contributed by atoms with Crippen LogP contribution >= 0.6 is 11.6 Å². The predicted octanol–water partition coefficient (Wildman–Crippen LogP) is 2.60. The zero-order valence-corrected chi connectivity index (χ0v) is 12.9. The first-order chi connectivity index (χ1) is 9.47. The summed E-state index contributed by atoms with van der Waals surface area (Å²) in [4.78, 5) is 6.52. The lowest BCUT2D eigenvalue weighted by atomic mass is 10.0. The van der Waals surface area contributed by atoms with E-state index in [-0.39, 0.29) is 6.04 Å². The van der Waals surface area contributed by atoms with Crippen molar-refractivity contribution in [2.24, 2.45) is 12.8 Å². The Morgan fingerprint density at radius 1 is 1.45 bits per heavy atom. The Balaban J connectivity index is 2.25. The lowest BCUT2D eigenvalue weighted by molar-refractivity contribution is 0.726. The molecule has 108 valence electrons. The molecule has 1 heterocycles. The van der Waals surface area contributed by atoms with E-state index in [1.807, 2.05) is 50.1 Å². The Hall–Kier alpha value is -1.52. The molecule has 0 bridgehead atoms. The lowest BCUT2D eigenvalue weighted by Gasteiger charge is -2.23. The van der Waals surface area contributed by atoms with Crippen molar-refractivity contribution in [3.8, 4) is 0 Å². The fraction of sp³-hybridized carbons (Fsp3) is 0.400. The second-order valence-corrected chi connectivity index (χ2v) is 5.70. The maximum Gasteiger partial charge on any atom is 0.127 e. The first-order valence-corrected chi connectivity index (χ1v) is 7.06. The third kappa shape index (κ3) is 3.52. The number of aromatic nitrogens is 2. The average molecular weight is 293 g/mol. The van der Waals surface area contributed by atoms with Crippen LogP contribution in [0.15, 0.2) is 30.6 Å². The van der Waals surface area contributed by atoms with E-state index in [0.29, 0.717) is 0 Å². The van der Waals surface area contributed by atoms with Crippen LogP contribution in [0, 0.1) is 0 Å². The molecule has 0 amide bonds. The van der Waals surface area contributed by atoms with Gasteiger partial charge in [0.25, 0.3) is 0 Å². The van der Waals surface area contributed by atoms with Crippen LogP contribution in [0.5, 0.6) is 0 Å². The van der Waals surface area contributed by atoms with Crippen molar-refractivity contribution < 1.29 is 0 Å². The molecule has 0 radical (unpaired) electrons. The summed E-state index contributed by atoms with van der Waals surface area (Å²) in [6.07, 6.45) is 4.59. The molecule has 0 aliphatic heterocycles. The predicted molar refractivity (Wildman–Crippen MR) is 84.1 cm³/mol. The van der Waals surface area contributed by atoms with Crippen LogP contribution in [0.2, 0.25) is 5.02 Å². The molecule has 0 spiro atoms. The van der Waals surface area contributed by atoms with Gasteiger partial charge in [0.15, 0.2) is 0 Å². The van der Waals surface area contributed by atoms with Gasteiger partial charge in [-0.2, -0.15) is 0 Å². The summed E-state index contributed by atoms with van der Waals surface area (Å²) < 4.78 is 2.02. The number of anilines is 1. The highest BCUT2D eigenvalue weighted by Gasteiger charge is 2.12. The molecule has 5 heteroatoms. The molecule has 0 saturated heterocycles. The van der Waals surface area contributed by atoms with E-state index in [4.69, 9.17) is 17.3 Å². The highest BCUT2D eigenvalue weighted by atomic mass is 35.5. The van der Waals surface area contributed by atoms with Gasteiger partial charge < -0.3 is 15.2 Å². The van der Waals surface area contributed by atoms with Gasteiger partial charge in [-0.25, -0.2) is 4.98 Å². The molecule has 1 aromatic carbocycles. The van der Waals surface area contributed by atoms with Crippen molar-refractivity contribution in [1.82, 2.24) is 9.55 Å². The summed E-state index contributed by atoms with van der Waals surface area (Å²) in [5, 5.41) is 0.736. The Morgan fingerprint density at radius 3 is 2.80 bits per heavy atom. The van der Waals surface area contributed by atoms with E-state index in [9.17, 15) is 0 Å². The van der Waals surface area contributed by atoms with E-state index in [1.165, 1.54) is 5.56 Å². The molecule has 4 nitrogen and oxygen atoms in total. The molecule has 2 aromatic rings. The van der Waals surface area contributed by atoms with Crippen molar-refractivity contribution in [3.05, 3.63) is 47.0 Å². The summed E-state index contributed by atoms with van der Waals surface area (Å²) >= 11 is 6.13. The smallest absolute Gasteiger partial charge is 0.127 e. The summed E-state index contributed by atoms with van der Waals surface area (Å²) in [5.74, 6) is 1.01. The molecule has 20 heavy (non-hydrogen) atoms. The van der Waals surface area contributed by atoms with E-state index < -0.39 is 0 Å². The number of hydrogen-bond acceptors (Lipinski definition) is 3. The number of halogens is 1. The van der Waals surface area contributed by atoms with Gasteiger partial charge in [-0.1, -0.05) is 17.7 Å². The van der Waals surface area contributed by atoms with Crippen LogP contribution in [0.3, 0.4) is 0 Å². The third-order valence-electron chi connectivity index (χ3n) is 3.30. The minimum atomic E-state index is 0.122. The van der Waals surface area contributed by atoms with Crippen LogP contribution < -0.4 is 10.6 Å². The quantitative estimate of drug-likeness (QED) is 0.921. The molecule has 1 atom stereocenters. The van der Waals surface area contributed by atoms with Crippen LogP contribution in [-0.4, -0.2) is 22.6 Å². The maximum atomic E-state index is 6.13. The number of nitrogens with two attached hydrogens (primary N) is 1. The van der Waals surface area contributed by atoms with E-state index >= 15 is 0 Å². The molecule has 0 aliphatic carbocycles. The molecule has 0 fully saturated rings. The first kappa shape index (κ1) is 14.9. The summed E-state index contributed by atoms with van der Waals surface area (Å²) in [6, 6.07) is 6.08. The number of aryl methyl sites for hydroxylation is 1. The number of rotatable bonds is 5. The molecule has 0 aliphatic rings. The lowest BCUT2D eigenvalue weighted by Crippen LogP contribution is -2.23. The van der Waals surface area contributed by atoms with E-state index in [1.54, 1.807) is 0 Å². The van der Waals surface area contributed by atoms with Crippen LogP contribution in [-0.2, 0) is 20.0 Å². The Morgan fingerprint density at radius 2 is 2.20 bits per heavy atom. The molecule has 1 unspecified atom stereocenters. The first-order valence-electron chi connectivity index (χ1n) is 6.68. The van der Waals surface area contributed by atoms with Crippen molar-refractivity contribution in [1.29, 1.82) is 0 Å². The fourth-order valence-corrected chi connectivity index (χ4v) is 2.42. The van der Waals surface area contributed by atoms with Gasteiger partial charge in [0, 0.05) is 43.2 Å². The Kier molecular flexibility index (Phi) is 4.68. The van der Waals surface area contributed by atoms with Crippen molar-refractivity contribution in [2.45, 2.75) is 25.9 Å². The zero-order chi connectivity index (χ0) is 14.7. The minimum Gasteiger partial charge on any atom is -0.367 e. The van der Waals surface area contributed by atoms with Gasteiger partial charge in [-0.3, -0.25) is 0 Å². The Bertz CT molecular complexity index is 577. The molecular weight excluding hydrogens is 272 g/mol. The van der Waals surface area contributed by atoms with E-state index in [0.717, 1.165) is 29.5 Å². The number of benzene rings is 1. The van der Waals surface area contributed by atoms with Crippen molar-refractivity contribution >= 4 is 17.3 Å². The molecule has 2 rings (SSSR count). The van der Waals surface area contributed by atoms with Gasteiger partial charge in [0.2, 0.25) is 0 Å². The summed E-state index contributed by atoms with van der Waals surface area (Å²) in [5.41, 5.74) is 8.24. The highest BCUT2D eigenvalue weighted by Crippen LogP contribution is 2.26. The summed E-state index contributed by atoms with van der Waals surface area (Å²) in [6.45, 7) is 2.74. The number of hydrogen-bond donors (Lipinski definition) is 1. The van der Waals surface area contributed by atoms with E-state index in [2.05, 4.69) is 16.0 Å². The van der Waals surface area contributed by atoms with Gasteiger partial charge in [0.05, 0.1) is 6.54 Å². The minimum absolute atomic E-state index is 0.122. The average Bonchev–Trinajstić information content (AvgIpc) is 2.76. The molecule has 0 saturated carbocycles. The van der Waals surface area contributed by atoms with Crippen LogP contribution in [0.4, 0.5) is 5.69 Å². The Labute approximate surface area is 125 Å². The topological polar surface area (TPSA) is 47.1 Å². The standard InChI is InChI=1S/C15H21ClN4/c1-11(17)8-12-4-5-13(16)9-14(12)20(3)10-15-18-6-7-19(15)2/h4-7,9,11H,8,10,17H2,1-3H3. The SMILES string of the molecule is CC(N)Cc1ccc(Cl)cc1N(C)Cc1nccn1C. The van der Waals surface area contributed by atoms with Crippen LogP contribution in [0.25, 0.3) is 0 Å².